The van der Waals surface area contributed by atoms with Crippen molar-refractivity contribution in [2.24, 2.45) is 0 Å². The molecule has 1 atom stereocenters. The summed E-state index contributed by atoms with van der Waals surface area (Å²) in [7, 11) is 0. The topological polar surface area (TPSA) is 94.6 Å². The molecule has 0 fully saturated rings. The van der Waals surface area contributed by atoms with Crippen molar-refractivity contribution in [3.05, 3.63) is 68.6 Å². The number of para-hydroxylation sites is 1. The summed E-state index contributed by atoms with van der Waals surface area (Å²) in [6.45, 7) is 1.41. The first kappa shape index (κ1) is 15.7. The molecule has 0 aliphatic heterocycles. The third-order valence-electron chi connectivity index (χ3n) is 3.09. The number of ether oxygens (including phenoxy) is 1. The van der Waals surface area contributed by atoms with Gasteiger partial charge in [-0.15, -0.1) is 0 Å². The molecular formula is C15H16N2O5. The van der Waals surface area contributed by atoms with Crippen molar-refractivity contribution in [2.45, 2.75) is 19.6 Å². The van der Waals surface area contributed by atoms with E-state index in [4.69, 9.17) is 4.74 Å². The van der Waals surface area contributed by atoms with Crippen molar-refractivity contribution in [1.82, 2.24) is 4.57 Å². The van der Waals surface area contributed by atoms with Crippen LogP contribution in [-0.4, -0.2) is 27.3 Å². The molecule has 1 N–H and O–H groups in total. The van der Waals surface area contributed by atoms with Gasteiger partial charge in [0.25, 0.3) is 11.2 Å². The number of aliphatic hydroxyl groups is 1. The van der Waals surface area contributed by atoms with Crippen LogP contribution in [0.4, 0.5) is 5.69 Å². The van der Waals surface area contributed by atoms with Crippen LogP contribution in [0.15, 0.2) is 47.4 Å². The van der Waals surface area contributed by atoms with Gasteiger partial charge in [0.1, 0.15) is 18.5 Å². The summed E-state index contributed by atoms with van der Waals surface area (Å²) in [5.41, 5.74) is -0.265. The van der Waals surface area contributed by atoms with Gasteiger partial charge in [0, 0.05) is 11.6 Å². The largest absolute Gasteiger partial charge is 0.491 e. The van der Waals surface area contributed by atoms with Crippen molar-refractivity contribution in [2.75, 3.05) is 6.61 Å². The van der Waals surface area contributed by atoms with Gasteiger partial charge in [-0.3, -0.25) is 14.9 Å². The standard InChI is InChI=1S/C15H16N2O5/c1-11-7-15(19)16(9-14(11)17(20)21)8-12(18)10-22-13-5-3-2-4-6-13/h2-7,9,12,18H,8,10H2,1H3. The van der Waals surface area contributed by atoms with E-state index in [0.717, 1.165) is 10.8 Å². The average Bonchev–Trinajstić information content (AvgIpc) is 2.48. The molecule has 0 bridgehead atoms. The van der Waals surface area contributed by atoms with E-state index in [1.165, 1.54) is 13.0 Å². The highest BCUT2D eigenvalue weighted by Crippen LogP contribution is 2.14. The van der Waals surface area contributed by atoms with Crippen molar-refractivity contribution < 1.29 is 14.8 Å². The third-order valence-corrected chi connectivity index (χ3v) is 3.09. The van der Waals surface area contributed by atoms with Crippen LogP contribution in [0.2, 0.25) is 0 Å². The molecule has 0 saturated heterocycles. The van der Waals surface area contributed by atoms with Crippen LogP contribution >= 0.6 is 0 Å². The Kier molecular flexibility index (Phi) is 4.90. The maximum Gasteiger partial charge on any atom is 0.288 e. The van der Waals surface area contributed by atoms with Gasteiger partial charge in [0.15, 0.2) is 0 Å². The number of rotatable bonds is 6. The minimum absolute atomic E-state index is 0.0157. The van der Waals surface area contributed by atoms with E-state index >= 15 is 0 Å². The highest BCUT2D eigenvalue weighted by molar-refractivity contribution is 5.35. The second kappa shape index (κ2) is 6.86. The number of nitrogens with zero attached hydrogens (tertiary/aromatic N) is 2. The number of nitro groups is 1. The zero-order chi connectivity index (χ0) is 16.1. The Morgan fingerprint density at radius 1 is 1.36 bits per heavy atom. The van der Waals surface area contributed by atoms with Crippen LogP contribution in [0.5, 0.6) is 5.75 Å². The molecule has 0 saturated carbocycles. The quantitative estimate of drug-likeness (QED) is 0.644. The third kappa shape index (κ3) is 3.92. The maximum atomic E-state index is 11.8. The Hall–Kier alpha value is -2.67. The molecule has 0 aliphatic carbocycles. The molecule has 7 heteroatoms. The van der Waals surface area contributed by atoms with Crippen molar-refractivity contribution >= 4 is 5.69 Å². The zero-order valence-corrected chi connectivity index (χ0v) is 12.0. The SMILES string of the molecule is Cc1cc(=O)n(CC(O)COc2ccccc2)cc1[N+](=O)[O-]. The lowest BCUT2D eigenvalue weighted by molar-refractivity contribution is -0.386. The number of benzene rings is 1. The average molecular weight is 304 g/mol. The van der Waals surface area contributed by atoms with E-state index in [2.05, 4.69) is 0 Å². The van der Waals surface area contributed by atoms with Gasteiger partial charge in [0.2, 0.25) is 0 Å². The molecule has 1 unspecified atom stereocenters. The maximum absolute atomic E-state index is 11.8. The fourth-order valence-electron chi connectivity index (χ4n) is 1.98. The van der Waals surface area contributed by atoms with Gasteiger partial charge in [-0.05, 0) is 19.1 Å². The summed E-state index contributed by atoms with van der Waals surface area (Å²) in [5.74, 6) is 0.601. The molecule has 22 heavy (non-hydrogen) atoms. The lowest BCUT2D eigenvalue weighted by Gasteiger charge is -2.14. The summed E-state index contributed by atoms with van der Waals surface area (Å²) >= 11 is 0. The lowest BCUT2D eigenvalue weighted by Crippen LogP contribution is -2.30. The van der Waals surface area contributed by atoms with Crippen molar-refractivity contribution in [3.63, 3.8) is 0 Å². The predicted molar refractivity (Wildman–Crippen MR) is 80.0 cm³/mol. The smallest absolute Gasteiger partial charge is 0.288 e. The van der Waals surface area contributed by atoms with Crippen LogP contribution in [0, 0.1) is 17.0 Å². The van der Waals surface area contributed by atoms with E-state index in [1.807, 2.05) is 6.07 Å². The number of pyridine rings is 1. The van der Waals surface area contributed by atoms with E-state index in [0.29, 0.717) is 11.3 Å². The van der Waals surface area contributed by atoms with Crippen LogP contribution in [-0.2, 0) is 6.54 Å². The van der Waals surface area contributed by atoms with Crippen molar-refractivity contribution in [3.8, 4) is 5.75 Å². The molecule has 0 amide bonds. The molecule has 0 aliphatic rings. The van der Waals surface area contributed by atoms with Gasteiger partial charge < -0.3 is 14.4 Å². The van der Waals surface area contributed by atoms with Gasteiger partial charge in [-0.25, -0.2) is 0 Å². The summed E-state index contributed by atoms with van der Waals surface area (Å²) < 4.78 is 6.50. The Morgan fingerprint density at radius 2 is 2.05 bits per heavy atom. The van der Waals surface area contributed by atoms with Crippen LogP contribution in [0.25, 0.3) is 0 Å². The van der Waals surface area contributed by atoms with Crippen LogP contribution < -0.4 is 10.3 Å². The van der Waals surface area contributed by atoms with Crippen molar-refractivity contribution in [1.29, 1.82) is 0 Å². The monoisotopic (exact) mass is 304 g/mol. The number of aliphatic hydroxyl groups excluding tert-OH is 1. The summed E-state index contributed by atoms with van der Waals surface area (Å²) in [6, 6.07) is 10.1. The summed E-state index contributed by atoms with van der Waals surface area (Å²) in [5, 5.41) is 20.8. The van der Waals surface area contributed by atoms with Gasteiger partial charge >= 0.3 is 0 Å². The normalized spacial score (nSPS) is 11.9. The number of hydrogen-bond acceptors (Lipinski definition) is 5. The van der Waals surface area contributed by atoms with Gasteiger partial charge in [0.05, 0.1) is 17.7 Å². The summed E-state index contributed by atoms with van der Waals surface area (Å²) in [4.78, 5) is 22.1. The first-order chi connectivity index (χ1) is 10.5. The highest BCUT2D eigenvalue weighted by Gasteiger charge is 2.15. The second-order valence-electron chi connectivity index (χ2n) is 4.87. The van der Waals surface area contributed by atoms with Gasteiger partial charge in [-0.2, -0.15) is 0 Å². The zero-order valence-electron chi connectivity index (χ0n) is 12.0. The minimum Gasteiger partial charge on any atom is -0.491 e. The molecule has 116 valence electrons. The fourth-order valence-corrected chi connectivity index (χ4v) is 1.98. The molecule has 7 nitrogen and oxygen atoms in total. The van der Waals surface area contributed by atoms with E-state index < -0.39 is 16.6 Å². The molecule has 1 aromatic heterocycles. The Bertz CT molecular complexity index is 712. The fraction of sp³-hybridized carbons (Fsp3) is 0.267. The van der Waals surface area contributed by atoms with Crippen LogP contribution in [0.1, 0.15) is 5.56 Å². The molecule has 2 aromatic rings. The van der Waals surface area contributed by atoms with Crippen LogP contribution in [0.3, 0.4) is 0 Å². The Balaban J connectivity index is 2.05. The molecule has 1 heterocycles. The molecule has 1 aromatic carbocycles. The van der Waals surface area contributed by atoms with Gasteiger partial charge in [-0.1, -0.05) is 18.2 Å². The molecule has 2 rings (SSSR count). The molecule has 0 radical (unpaired) electrons. The van der Waals surface area contributed by atoms with E-state index in [1.54, 1.807) is 24.3 Å². The molecule has 0 spiro atoms. The molecular weight excluding hydrogens is 288 g/mol. The number of aryl methyl sites for hydroxylation is 1. The first-order valence-electron chi connectivity index (χ1n) is 6.69. The Morgan fingerprint density at radius 3 is 2.68 bits per heavy atom. The highest BCUT2D eigenvalue weighted by atomic mass is 16.6. The second-order valence-corrected chi connectivity index (χ2v) is 4.87. The summed E-state index contributed by atoms with van der Waals surface area (Å²) in [6.07, 6.45) is 0.184. The van der Waals surface area contributed by atoms with E-state index in [-0.39, 0.29) is 18.8 Å². The first-order valence-corrected chi connectivity index (χ1v) is 6.69. The predicted octanol–water partition coefficient (Wildman–Crippen LogP) is 1.50. The number of hydrogen-bond donors (Lipinski definition) is 1. The van der Waals surface area contributed by atoms with E-state index in [9.17, 15) is 20.0 Å². The minimum atomic E-state index is -0.958. The lowest BCUT2D eigenvalue weighted by atomic mass is 10.2. The number of aromatic nitrogens is 1. The Labute approximate surface area is 126 Å².